The fourth-order valence-corrected chi connectivity index (χ4v) is 12.2. The van der Waals surface area contributed by atoms with E-state index >= 15 is 0 Å². The highest BCUT2D eigenvalue weighted by molar-refractivity contribution is 5.94. The zero-order chi connectivity index (χ0) is 63.5. The van der Waals surface area contributed by atoms with Gasteiger partial charge >= 0.3 is 24.1 Å². The second kappa shape index (κ2) is 30.9. The molecule has 0 heterocycles. The van der Waals surface area contributed by atoms with E-state index in [4.69, 9.17) is 9.47 Å². The van der Waals surface area contributed by atoms with Gasteiger partial charge in [-0.1, -0.05) is 249 Å². The lowest BCUT2D eigenvalue weighted by molar-refractivity contribution is -0.144. The fraction of sp³-hybridized carbons (Fsp3) is 0.208. The van der Waals surface area contributed by atoms with Gasteiger partial charge in [-0.2, -0.15) is 0 Å². The number of benzene rings is 9. The molecule has 2 aliphatic rings. The Morgan fingerprint density at radius 2 is 0.593 bits per heavy atom. The number of rotatable bonds is 26. The van der Waals surface area contributed by atoms with Gasteiger partial charge in [-0.05, 0) is 98.0 Å². The lowest BCUT2D eigenvalue weighted by Gasteiger charge is -2.23. The van der Waals surface area contributed by atoms with Crippen molar-refractivity contribution in [3.63, 3.8) is 0 Å². The summed E-state index contributed by atoms with van der Waals surface area (Å²) in [5.41, 5.74) is 12.9. The molecule has 0 fully saturated rings. The maximum Gasteiger partial charge on any atom is 0.407 e. The van der Waals surface area contributed by atoms with Crippen molar-refractivity contribution in [1.29, 1.82) is 0 Å². The summed E-state index contributed by atoms with van der Waals surface area (Å²) in [6, 6.07) is 75.4. The first kappa shape index (κ1) is 63.3. The summed E-state index contributed by atoms with van der Waals surface area (Å²) < 4.78 is 11.5. The largest absolute Gasteiger partial charge is 0.481 e. The summed E-state index contributed by atoms with van der Waals surface area (Å²) in [7, 11) is 0. The summed E-state index contributed by atoms with van der Waals surface area (Å²) in [5.74, 6) is -5.52. The van der Waals surface area contributed by atoms with Crippen LogP contribution in [0.25, 0.3) is 22.3 Å². The van der Waals surface area contributed by atoms with Crippen molar-refractivity contribution in [3.05, 3.63) is 299 Å². The molecule has 460 valence electrons. The molecule has 0 saturated heterocycles. The number of Topliss-reactive ketones (excluding diaryl/α,β-unsaturated/α-hetero) is 2. The number of alkyl carbamates (subject to hydrolysis) is 2. The van der Waals surface area contributed by atoms with E-state index in [1.165, 1.54) is 0 Å². The molecule has 9 aromatic carbocycles. The maximum absolute atomic E-state index is 14.1. The van der Waals surface area contributed by atoms with Gasteiger partial charge in [-0.25, -0.2) is 14.4 Å². The number of carboxylic acids is 2. The SMILES string of the molecule is O=C(N[C@@H](Cc1ccccc1)C(=O)C[C@@H](Cc1ccccc1)C(=O)N[C@@H](Cc1ccccc1)C(=O)O)OCC1c2ccccc2-c2ccccc21.O=C(N[C@@H](Cc1ccccc1)C(=O)C[C@@H](Cc1ccccc1)C(=O)O)OCC1c2ccccc2-c2ccccc21. The summed E-state index contributed by atoms with van der Waals surface area (Å²) in [5, 5.41) is 28.0. The fourth-order valence-electron chi connectivity index (χ4n) is 12.2. The van der Waals surface area contributed by atoms with E-state index in [1.54, 1.807) is 12.1 Å². The van der Waals surface area contributed by atoms with Gasteiger partial charge in [0.2, 0.25) is 5.91 Å². The number of hydrogen-bond donors (Lipinski definition) is 5. The highest BCUT2D eigenvalue weighted by Crippen LogP contribution is 2.46. The molecule has 3 amide bonds. The number of amides is 3. The van der Waals surface area contributed by atoms with E-state index in [-0.39, 0.29) is 81.6 Å². The molecule has 14 nitrogen and oxygen atoms in total. The van der Waals surface area contributed by atoms with Crippen LogP contribution in [-0.4, -0.2) is 83.2 Å². The first-order valence-electron chi connectivity index (χ1n) is 30.6. The second-order valence-corrected chi connectivity index (χ2v) is 23.0. The van der Waals surface area contributed by atoms with Crippen LogP contribution in [0.1, 0.15) is 74.7 Å². The van der Waals surface area contributed by atoms with Crippen LogP contribution in [-0.2, 0) is 65.6 Å². The monoisotopic (exact) mass is 1210 g/mol. The molecular weight excluding hydrogens is 1140 g/mol. The number of nitrogens with one attached hydrogen (secondary N) is 3. The van der Waals surface area contributed by atoms with Crippen LogP contribution in [0.4, 0.5) is 9.59 Å². The van der Waals surface area contributed by atoms with E-state index in [9.17, 15) is 43.8 Å². The van der Waals surface area contributed by atoms with Gasteiger partial charge in [0.1, 0.15) is 19.3 Å². The van der Waals surface area contributed by atoms with Crippen LogP contribution in [0.5, 0.6) is 0 Å². The van der Waals surface area contributed by atoms with Gasteiger partial charge < -0.3 is 35.6 Å². The number of ether oxygens (including phenoxy) is 2. The van der Waals surface area contributed by atoms with Crippen LogP contribution < -0.4 is 16.0 Å². The molecule has 0 aliphatic heterocycles. The molecule has 0 unspecified atom stereocenters. The molecule has 11 rings (SSSR count). The normalized spacial score (nSPS) is 13.5. The van der Waals surface area contributed by atoms with Crippen molar-refractivity contribution in [1.82, 2.24) is 16.0 Å². The molecule has 2 aliphatic carbocycles. The Balaban J connectivity index is 0.000000206. The first-order chi connectivity index (χ1) is 44.3. The summed E-state index contributed by atoms with van der Waals surface area (Å²) in [4.78, 5) is 92.1. The predicted octanol–water partition coefficient (Wildman–Crippen LogP) is 12.8. The summed E-state index contributed by atoms with van der Waals surface area (Å²) in [6.07, 6.45) is -0.908. The smallest absolute Gasteiger partial charge is 0.407 e. The molecule has 14 heteroatoms. The average molecular weight is 1210 g/mol. The van der Waals surface area contributed by atoms with E-state index in [1.807, 2.05) is 212 Å². The minimum atomic E-state index is -1.19. The molecule has 0 saturated carbocycles. The van der Waals surface area contributed by atoms with Gasteiger partial charge in [-0.15, -0.1) is 0 Å². The Hall–Kier alpha value is -10.7. The van der Waals surface area contributed by atoms with Gasteiger partial charge in [0.15, 0.2) is 11.6 Å². The maximum atomic E-state index is 14.1. The lowest BCUT2D eigenvalue weighted by Crippen LogP contribution is -2.48. The minimum absolute atomic E-state index is 0.0864. The summed E-state index contributed by atoms with van der Waals surface area (Å²) in [6.45, 7) is 0.209. The van der Waals surface area contributed by atoms with Crippen LogP contribution >= 0.6 is 0 Å². The van der Waals surface area contributed by atoms with Crippen LogP contribution in [0.3, 0.4) is 0 Å². The minimum Gasteiger partial charge on any atom is -0.481 e. The standard InChI is InChI=1S/C43H40N2O6.C34H31NO5/c46-40(27-32(24-29-14-4-1-5-15-29)41(47)44-39(42(48)49)26-31-18-8-3-9-19-31)38(25-30-16-6-2-7-17-30)45-43(50)51-28-37-35-22-12-10-20-33(35)34-21-11-13-23-36(34)37;36-32(21-25(33(37)38)19-23-11-3-1-4-12-23)31(20-24-13-5-2-6-14-24)35-34(39)40-22-30-28-17-9-7-15-26(28)27-16-8-10-18-29(27)30/h1-23,32,37-39H,24-28H2,(H,44,47)(H,45,50)(H,48,49);1-18,25,30-31H,19-22H2,(H,35,39)(H,37,38)/t32-,38+,39+;25-,31+/m11/s1. The molecular formula is C77H71N3O11. The van der Waals surface area contributed by atoms with E-state index in [0.29, 0.717) is 0 Å². The third kappa shape index (κ3) is 16.9. The predicted molar refractivity (Wildman–Crippen MR) is 348 cm³/mol. The zero-order valence-corrected chi connectivity index (χ0v) is 50.1. The third-order valence-corrected chi connectivity index (χ3v) is 16.8. The van der Waals surface area contributed by atoms with E-state index < -0.39 is 60.0 Å². The summed E-state index contributed by atoms with van der Waals surface area (Å²) >= 11 is 0. The molecule has 9 aromatic rings. The Labute approximate surface area is 529 Å². The molecule has 0 aromatic heterocycles. The molecule has 0 spiro atoms. The van der Waals surface area contributed by atoms with Gasteiger partial charge in [0, 0.05) is 37.0 Å². The van der Waals surface area contributed by atoms with Gasteiger partial charge in [0.25, 0.3) is 0 Å². The Bertz CT molecular complexity index is 3870. The van der Waals surface area contributed by atoms with Crippen molar-refractivity contribution in [2.24, 2.45) is 11.8 Å². The number of fused-ring (bicyclic) bond motifs is 6. The second-order valence-electron chi connectivity index (χ2n) is 23.0. The zero-order valence-electron chi connectivity index (χ0n) is 50.1. The molecule has 91 heavy (non-hydrogen) atoms. The quantitative estimate of drug-likeness (QED) is 0.0344. The van der Waals surface area contributed by atoms with E-state index in [2.05, 4.69) is 40.2 Å². The van der Waals surface area contributed by atoms with Crippen LogP contribution in [0, 0.1) is 11.8 Å². The Morgan fingerprint density at radius 1 is 0.319 bits per heavy atom. The average Bonchev–Trinajstić information content (AvgIpc) is 1.67. The molecule has 0 radical (unpaired) electrons. The number of carbonyl (C=O) groups is 7. The van der Waals surface area contributed by atoms with Gasteiger partial charge in [-0.3, -0.25) is 19.2 Å². The van der Waals surface area contributed by atoms with Crippen molar-refractivity contribution in [2.45, 2.75) is 74.9 Å². The molecule has 5 N–H and O–H groups in total. The Kier molecular flexibility index (Phi) is 21.5. The highest BCUT2D eigenvalue weighted by Gasteiger charge is 2.35. The van der Waals surface area contributed by atoms with Gasteiger partial charge in [0.05, 0.1) is 18.0 Å². The lowest BCUT2D eigenvalue weighted by atomic mass is 9.89. The highest BCUT2D eigenvalue weighted by atomic mass is 16.6. The topological polar surface area (TPSA) is 214 Å². The number of carboxylic acid groups (broad SMARTS) is 2. The Morgan fingerprint density at radius 3 is 0.912 bits per heavy atom. The van der Waals surface area contributed by atoms with Crippen molar-refractivity contribution < 1.29 is 53.2 Å². The van der Waals surface area contributed by atoms with Crippen LogP contribution in [0.15, 0.2) is 249 Å². The van der Waals surface area contributed by atoms with Crippen LogP contribution in [0.2, 0.25) is 0 Å². The number of ketones is 2. The van der Waals surface area contributed by atoms with Crippen molar-refractivity contribution in [2.75, 3.05) is 13.2 Å². The molecule has 5 atom stereocenters. The number of aliphatic carboxylic acids is 2. The third-order valence-electron chi connectivity index (χ3n) is 16.8. The molecule has 0 bridgehead atoms. The first-order valence-corrected chi connectivity index (χ1v) is 30.6. The van der Waals surface area contributed by atoms with Crippen molar-refractivity contribution >= 4 is 41.6 Å². The number of carbonyl (C=O) groups excluding carboxylic acids is 5. The number of hydrogen-bond acceptors (Lipinski definition) is 9. The van der Waals surface area contributed by atoms with Crippen molar-refractivity contribution in [3.8, 4) is 22.3 Å². The van der Waals surface area contributed by atoms with E-state index in [0.717, 1.165) is 72.3 Å².